The molecule has 0 atom stereocenters. The van der Waals surface area contributed by atoms with E-state index in [9.17, 15) is 10.1 Å². The Kier molecular flexibility index (Phi) is 4.96. The highest BCUT2D eigenvalue weighted by Gasteiger charge is 2.30. The number of nitrogens with zero attached hydrogens (tertiary/aromatic N) is 4. The summed E-state index contributed by atoms with van der Waals surface area (Å²) in [5, 5.41) is 29.9. The fraction of sp³-hybridized carbons (Fsp3) is 0.333. The molecule has 0 radical (unpaired) electrons. The molecule has 1 aliphatic rings. The van der Waals surface area contributed by atoms with Crippen LogP contribution >= 0.6 is 0 Å². The van der Waals surface area contributed by atoms with Crippen molar-refractivity contribution in [2.75, 3.05) is 16.8 Å². The molecule has 1 aromatic rings. The van der Waals surface area contributed by atoms with E-state index >= 15 is 0 Å². The van der Waals surface area contributed by atoms with Crippen LogP contribution in [-0.2, 0) is 11.2 Å². The number of ether oxygens (including phenoxy) is 1. The van der Waals surface area contributed by atoms with Gasteiger partial charge in [-0.25, -0.2) is 4.79 Å². The van der Waals surface area contributed by atoms with Gasteiger partial charge in [0, 0.05) is 17.8 Å². The van der Waals surface area contributed by atoms with Gasteiger partial charge in [0.2, 0.25) is 0 Å². The molecule has 0 aliphatic carbocycles. The van der Waals surface area contributed by atoms with E-state index in [0.717, 1.165) is 5.56 Å². The standard InChI is InChI=1S/C18H17N5O2/c1-18(2,3)25-17(24)23-8-7-13-14(5-4-6-16(13)23)22-15(11-21)12(9-19)10-20/h4-6,22H,7-8H2,1-3H3. The van der Waals surface area contributed by atoms with E-state index < -0.39 is 11.7 Å². The first-order valence-electron chi connectivity index (χ1n) is 7.64. The third-order valence-electron chi connectivity index (χ3n) is 3.49. The molecule has 0 fully saturated rings. The van der Waals surface area contributed by atoms with Gasteiger partial charge in [-0.15, -0.1) is 0 Å². The molecule has 0 spiro atoms. The van der Waals surface area contributed by atoms with Crippen molar-refractivity contribution in [2.24, 2.45) is 0 Å². The van der Waals surface area contributed by atoms with Crippen LogP contribution in [0.15, 0.2) is 29.5 Å². The Balaban J connectivity index is 2.35. The first-order valence-corrected chi connectivity index (χ1v) is 7.64. The smallest absolute Gasteiger partial charge is 0.414 e. The quantitative estimate of drug-likeness (QED) is 0.830. The number of benzene rings is 1. The maximum atomic E-state index is 12.3. The van der Waals surface area contributed by atoms with Crippen molar-refractivity contribution in [3.63, 3.8) is 0 Å². The average Bonchev–Trinajstić information content (AvgIpc) is 2.98. The zero-order valence-electron chi connectivity index (χ0n) is 14.3. The highest BCUT2D eigenvalue weighted by atomic mass is 16.6. The molecule has 2 rings (SSSR count). The van der Waals surface area contributed by atoms with Gasteiger partial charge in [0.25, 0.3) is 0 Å². The third kappa shape index (κ3) is 3.88. The van der Waals surface area contributed by atoms with Gasteiger partial charge in [0.15, 0.2) is 5.57 Å². The lowest BCUT2D eigenvalue weighted by Gasteiger charge is -2.25. The summed E-state index contributed by atoms with van der Waals surface area (Å²) in [5.41, 5.74) is 1.10. The van der Waals surface area contributed by atoms with Gasteiger partial charge in [-0.05, 0) is 39.3 Å². The van der Waals surface area contributed by atoms with Crippen LogP contribution in [0.3, 0.4) is 0 Å². The molecule has 7 heteroatoms. The number of rotatable bonds is 2. The van der Waals surface area contributed by atoms with E-state index in [4.69, 9.17) is 15.3 Å². The van der Waals surface area contributed by atoms with E-state index in [1.54, 1.807) is 51.1 Å². The molecule has 25 heavy (non-hydrogen) atoms. The molecule has 1 aliphatic heterocycles. The van der Waals surface area contributed by atoms with Gasteiger partial charge < -0.3 is 10.1 Å². The van der Waals surface area contributed by atoms with Crippen molar-refractivity contribution in [2.45, 2.75) is 32.8 Å². The summed E-state index contributed by atoms with van der Waals surface area (Å²) in [4.78, 5) is 13.9. The molecule has 0 aromatic heterocycles. The molecule has 126 valence electrons. The number of anilines is 2. The van der Waals surface area contributed by atoms with Crippen molar-refractivity contribution < 1.29 is 9.53 Å². The predicted molar refractivity (Wildman–Crippen MR) is 91.2 cm³/mol. The van der Waals surface area contributed by atoms with Crippen LogP contribution in [0.2, 0.25) is 0 Å². The van der Waals surface area contributed by atoms with E-state index in [-0.39, 0.29) is 11.3 Å². The van der Waals surface area contributed by atoms with E-state index in [1.165, 1.54) is 4.90 Å². The predicted octanol–water partition coefficient (Wildman–Crippen LogP) is 3.22. The molecule has 1 heterocycles. The van der Waals surface area contributed by atoms with Gasteiger partial charge in [0.1, 0.15) is 29.5 Å². The van der Waals surface area contributed by atoms with Crippen LogP contribution in [-0.4, -0.2) is 18.2 Å². The lowest BCUT2D eigenvalue weighted by atomic mass is 10.1. The van der Waals surface area contributed by atoms with Crippen LogP contribution in [0.1, 0.15) is 26.3 Å². The topological polar surface area (TPSA) is 113 Å². The van der Waals surface area contributed by atoms with E-state index in [2.05, 4.69) is 5.32 Å². The highest BCUT2D eigenvalue weighted by molar-refractivity contribution is 5.92. The Morgan fingerprint density at radius 3 is 2.44 bits per heavy atom. The number of hydrogen-bond acceptors (Lipinski definition) is 6. The Morgan fingerprint density at radius 2 is 1.88 bits per heavy atom. The van der Waals surface area contributed by atoms with Gasteiger partial charge >= 0.3 is 6.09 Å². The first-order chi connectivity index (χ1) is 11.8. The Labute approximate surface area is 146 Å². The molecule has 1 amide bonds. The first kappa shape index (κ1) is 17.8. The second kappa shape index (κ2) is 6.95. The zero-order valence-corrected chi connectivity index (χ0v) is 14.3. The highest BCUT2D eigenvalue weighted by Crippen LogP contribution is 2.35. The largest absolute Gasteiger partial charge is 0.443 e. The number of hydrogen-bond donors (Lipinski definition) is 1. The number of amides is 1. The molecular formula is C18H17N5O2. The number of carbonyl (C=O) groups excluding carboxylic acids is 1. The summed E-state index contributed by atoms with van der Waals surface area (Å²) in [6.45, 7) is 5.86. The number of fused-ring (bicyclic) bond motifs is 1. The van der Waals surface area contributed by atoms with Crippen LogP contribution in [0.4, 0.5) is 16.2 Å². The summed E-state index contributed by atoms with van der Waals surface area (Å²) in [6.07, 6.45) is 0.138. The van der Waals surface area contributed by atoms with Crippen LogP contribution < -0.4 is 10.2 Å². The average molecular weight is 335 g/mol. The monoisotopic (exact) mass is 335 g/mol. The van der Waals surface area contributed by atoms with Gasteiger partial charge in [0.05, 0.1) is 5.69 Å². The minimum absolute atomic E-state index is 0.117. The number of carbonyl (C=O) groups is 1. The van der Waals surface area contributed by atoms with Crippen LogP contribution in [0.5, 0.6) is 0 Å². The maximum Gasteiger partial charge on any atom is 0.414 e. The van der Waals surface area contributed by atoms with E-state index in [0.29, 0.717) is 24.3 Å². The number of nitriles is 3. The number of nitrogens with one attached hydrogen (secondary N) is 1. The summed E-state index contributed by atoms with van der Waals surface area (Å²) in [5.74, 6) is 0. The van der Waals surface area contributed by atoms with Crippen molar-refractivity contribution in [1.82, 2.24) is 0 Å². The summed E-state index contributed by atoms with van der Waals surface area (Å²) >= 11 is 0. The normalized spacial score (nSPS) is 12.2. The SMILES string of the molecule is CC(C)(C)OC(=O)N1CCc2c(NC(C#N)=C(C#N)C#N)cccc21. The van der Waals surface area contributed by atoms with Gasteiger partial charge in [-0.2, -0.15) is 15.8 Å². The van der Waals surface area contributed by atoms with Crippen molar-refractivity contribution >= 4 is 17.5 Å². The Bertz CT molecular complexity index is 843. The van der Waals surface area contributed by atoms with Gasteiger partial charge in [-0.1, -0.05) is 6.07 Å². The van der Waals surface area contributed by atoms with Crippen molar-refractivity contribution in [3.05, 3.63) is 35.0 Å². The number of allylic oxidation sites excluding steroid dienone is 2. The fourth-order valence-electron chi connectivity index (χ4n) is 2.48. The second-order valence-corrected chi connectivity index (χ2v) is 6.40. The molecule has 0 unspecified atom stereocenters. The van der Waals surface area contributed by atoms with E-state index in [1.807, 2.05) is 6.07 Å². The minimum Gasteiger partial charge on any atom is -0.443 e. The second-order valence-electron chi connectivity index (χ2n) is 6.40. The lowest BCUT2D eigenvalue weighted by Crippen LogP contribution is -2.35. The molecule has 0 saturated carbocycles. The minimum atomic E-state index is -0.596. The van der Waals surface area contributed by atoms with Crippen molar-refractivity contribution in [1.29, 1.82) is 15.8 Å². The molecule has 1 aromatic carbocycles. The van der Waals surface area contributed by atoms with Crippen molar-refractivity contribution in [3.8, 4) is 18.2 Å². The summed E-state index contributed by atoms with van der Waals surface area (Å²) in [6, 6.07) is 10.5. The molecule has 7 nitrogen and oxygen atoms in total. The Hall–Kier alpha value is -3.50. The molecular weight excluding hydrogens is 318 g/mol. The summed E-state index contributed by atoms with van der Waals surface area (Å²) < 4.78 is 5.41. The zero-order chi connectivity index (χ0) is 18.6. The van der Waals surface area contributed by atoms with Crippen LogP contribution in [0, 0.1) is 34.0 Å². The molecule has 0 saturated heterocycles. The third-order valence-corrected chi connectivity index (χ3v) is 3.49. The maximum absolute atomic E-state index is 12.3. The van der Waals surface area contributed by atoms with Gasteiger partial charge in [-0.3, -0.25) is 4.90 Å². The summed E-state index contributed by atoms with van der Waals surface area (Å²) in [7, 11) is 0. The fourth-order valence-corrected chi connectivity index (χ4v) is 2.48. The Morgan fingerprint density at radius 1 is 1.20 bits per heavy atom. The molecule has 0 bridgehead atoms. The molecule has 1 N–H and O–H groups in total. The lowest BCUT2D eigenvalue weighted by molar-refractivity contribution is 0.0584. The van der Waals surface area contributed by atoms with Crippen LogP contribution in [0.25, 0.3) is 0 Å².